The second-order valence-corrected chi connectivity index (χ2v) is 7.89. The fraction of sp³-hybridized carbons (Fsp3) is 0.240. The van der Waals surface area contributed by atoms with Crippen LogP contribution in [0.25, 0.3) is 0 Å². The first-order valence-corrected chi connectivity index (χ1v) is 10.9. The second-order valence-electron chi connectivity index (χ2n) is 7.89. The average molecular weight is 447 g/mol. The first kappa shape index (κ1) is 22.3. The number of benzene rings is 3. The van der Waals surface area contributed by atoms with Gasteiger partial charge in [-0.25, -0.2) is 0 Å². The van der Waals surface area contributed by atoms with Gasteiger partial charge in [-0.2, -0.15) is 0 Å². The zero-order chi connectivity index (χ0) is 23.0. The third kappa shape index (κ3) is 6.30. The molecule has 0 saturated carbocycles. The summed E-state index contributed by atoms with van der Waals surface area (Å²) in [4.78, 5) is 27.3. The Bertz CT molecular complexity index is 1080. The van der Waals surface area contributed by atoms with E-state index in [-0.39, 0.29) is 24.0 Å². The SMILES string of the molecule is O=C(COc1cccc([N+](=O)[O-])c1)Nc1ccc(N2CCN(Cc3ccccc3)CC2)cc1. The molecule has 0 bridgehead atoms. The van der Waals surface area contributed by atoms with Gasteiger partial charge in [0.1, 0.15) is 5.75 Å². The molecule has 0 radical (unpaired) electrons. The van der Waals surface area contributed by atoms with E-state index in [0.717, 1.165) is 38.4 Å². The van der Waals surface area contributed by atoms with Crippen molar-refractivity contribution in [3.8, 4) is 5.75 Å². The molecule has 8 heteroatoms. The summed E-state index contributed by atoms with van der Waals surface area (Å²) < 4.78 is 5.37. The molecule has 0 spiro atoms. The van der Waals surface area contributed by atoms with Gasteiger partial charge in [0, 0.05) is 50.2 Å². The summed E-state index contributed by atoms with van der Waals surface area (Å²) in [5.41, 5.74) is 3.05. The summed E-state index contributed by atoms with van der Waals surface area (Å²) in [6.07, 6.45) is 0. The molecule has 1 saturated heterocycles. The lowest BCUT2D eigenvalue weighted by Crippen LogP contribution is -2.45. The van der Waals surface area contributed by atoms with Crippen molar-refractivity contribution in [1.82, 2.24) is 4.90 Å². The standard InChI is InChI=1S/C25H26N4O4/c30-25(19-33-24-8-4-7-23(17-24)29(31)32)26-21-9-11-22(12-10-21)28-15-13-27(14-16-28)18-20-5-2-1-3-6-20/h1-12,17H,13-16,18-19H2,(H,26,30). The molecular weight excluding hydrogens is 420 g/mol. The maximum absolute atomic E-state index is 12.2. The topological polar surface area (TPSA) is 87.9 Å². The molecule has 3 aromatic carbocycles. The van der Waals surface area contributed by atoms with Gasteiger partial charge in [0.15, 0.2) is 6.61 Å². The minimum Gasteiger partial charge on any atom is -0.484 e. The number of nitrogens with zero attached hydrogens (tertiary/aromatic N) is 3. The van der Waals surface area contributed by atoms with Crippen molar-refractivity contribution >= 4 is 23.0 Å². The number of piperazine rings is 1. The van der Waals surface area contributed by atoms with E-state index in [1.54, 1.807) is 6.07 Å². The molecule has 0 aromatic heterocycles. The van der Waals surface area contributed by atoms with E-state index in [9.17, 15) is 14.9 Å². The molecule has 1 fully saturated rings. The second kappa shape index (κ2) is 10.6. The molecule has 1 N–H and O–H groups in total. The summed E-state index contributed by atoms with van der Waals surface area (Å²) in [5.74, 6) is -0.0510. The molecular formula is C25H26N4O4. The van der Waals surface area contributed by atoms with E-state index >= 15 is 0 Å². The summed E-state index contributed by atoms with van der Waals surface area (Å²) in [6, 6.07) is 24.0. The Morgan fingerprint density at radius 3 is 2.36 bits per heavy atom. The Morgan fingerprint density at radius 2 is 1.67 bits per heavy atom. The zero-order valence-corrected chi connectivity index (χ0v) is 18.2. The molecule has 1 aliphatic heterocycles. The summed E-state index contributed by atoms with van der Waals surface area (Å²) >= 11 is 0. The van der Waals surface area contributed by atoms with E-state index in [1.807, 2.05) is 30.3 Å². The molecule has 8 nitrogen and oxygen atoms in total. The molecule has 3 aromatic rings. The van der Waals surface area contributed by atoms with Gasteiger partial charge in [0.2, 0.25) is 0 Å². The average Bonchev–Trinajstić information content (AvgIpc) is 2.85. The summed E-state index contributed by atoms with van der Waals surface area (Å²) in [5, 5.41) is 13.6. The number of carbonyl (C=O) groups is 1. The third-order valence-electron chi connectivity index (χ3n) is 5.54. The van der Waals surface area contributed by atoms with Crippen LogP contribution in [0.2, 0.25) is 0 Å². The largest absolute Gasteiger partial charge is 0.484 e. The van der Waals surface area contributed by atoms with Crippen LogP contribution in [0.4, 0.5) is 17.1 Å². The number of anilines is 2. The molecule has 4 rings (SSSR count). The minimum absolute atomic E-state index is 0.0793. The smallest absolute Gasteiger partial charge is 0.273 e. The Labute approximate surface area is 192 Å². The van der Waals surface area contributed by atoms with Crippen LogP contribution in [0.3, 0.4) is 0 Å². The van der Waals surface area contributed by atoms with Crippen molar-refractivity contribution in [3.05, 3.63) is 94.5 Å². The van der Waals surface area contributed by atoms with Gasteiger partial charge in [-0.05, 0) is 35.9 Å². The Hall–Kier alpha value is -3.91. The van der Waals surface area contributed by atoms with Crippen LogP contribution in [0, 0.1) is 10.1 Å². The molecule has 1 heterocycles. The lowest BCUT2D eigenvalue weighted by Gasteiger charge is -2.36. The van der Waals surface area contributed by atoms with Gasteiger partial charge in [-0.15, -0.1) is 0 Å². The Kier molecular flexibility index (Phi) is 7.16. The van der Waals surface area contributed by atoms with Gasteiger partial charge in [-0.3, -0.25) is 19.8 Å². The van der Waals surface area contributed by atoms with Gasteiger partial charge in [0.25, 0.3) is 11.6 Å². The fourth-order valence-electron chi connectivity index (χ4n) is 3.79. The van der Waals surface area contributed by atoms with Crippen LogP contribution in [0.15, 0.2) is 78.9 Å². The van der Waals surface area contributed by atoms with Crippen LogP contribution in [-0.4, -0.2) is 48.5 Å². The first-order chi connectivity index (χ1) is 16.1. The van der Waals surface area contributed by atoms with Gasteiger partial charge in [0.05, 0.1) is 11.0 Å². The number of hydrogen-bond acceptors (Lipinski definition) is 6. The van der Waals surface area contributed by atoms with Crippen molar-refractivity contribution in [2.24, 2.45) is 0 Å². The van der Waals surface area contributed by atoms with Gasteiger partial charge in [-0.1, -0.05) is 36.4 Å². The first-order valence-electron chi connectivity index (χ1n) is 10.9. The molecule has 0 unspecified atom stereocenters. The number of nitro groups is 1. The number of amides is 1. The third-order valence-corrected chi connectivity index (χ3v) is 5.54. The zero-order valence-electron chi connectivity index (χ0n) is 18.2. The van der Waals surface area contributed by atoms with Crippen molar-refractivity contribution in [1.29, 1.82) is 0 Å². The van der Waals surface area contributed by atoms with Crippen LogP contribution in [0.5, 0.6) is 5.75 Å². The van der Waals surface area contributed by atoms with Crippen LogP contribution < -0.4 is 15.0 Å². The van der Waals surface area contributed by atoms with Crippen molar-refractivity contribution in [3.63, 3.8) is 0 Å². The highest BCUT2D eigenvalue weighted by atomic mass is 16.6. The van der Waals surface area contributed by atoms with Crippen LogP contribution in [-0.2, 0) is 11.3 Å². The number of nitrogens with one attached hydrogen (secondary N) is 1. The maximum atomic E-state index is 12.2. The quantitative estimate of drug-likeness (QED) is 0.417. The highest BCUT2D eigenvalue weighted by Gasteiger charge is 2.17. The van der Waals surface area contributed by atoms with Gasteiger partial charge >= 0.3 is 0 Å². The van der Waals surface area contributed by atoms with E-state index in [2.05, 4.69) is 39.4 Å². The normalized spacial score (nSPS) is 14.0. The minimum atomic E-state index is -0.502. The Balaban J connectivity index is 1.23. The summed E-state index contributed by atoms with van der Waals surface area (Å²) in [7, 11) is 0. The molecule has 0 atom stereocenters. The number of rotatable bonds is 8. The molecule has 33 heavy (non-hydrogen) atoms. The lowest BCUT2D eigenvalue weighted by atomic mass is 10.2. The number of non-ortho nitro benzene ring substituents is 1. The summed E-state index contributed by atoms with van der Waals surface area (Å²) in [6.45, 7) is 4.65. The van der Waals surface area contributed by atoms with Gasteiger partial charge < -0.3 is 15.0 Å². The predicted molar refractivity (Wildman–Crippen MR) is 128 cm³/mol. The number of hydrogen-bond donors (Lipinski definition) is 1. The van der Waals surface area contributed by atoms with E-state index < -0.39 is 4.92 Å². The molecule has 0 aliphatic carbocycles. The van der Waals surface area contributed by atoms with E-state index in [1.165, 1.54) is 23.8 Å². The fourth-order valence-corrected chi connectivity index (χ4v) is 3.79. The molecule has 1 amide bonds. The van der Waals surface area contributed by atoms with E-state index in [0.29, 0.717) is 5.69 Å². The Morgan fingerprint density at radius 1 is 0.939 bits per heavy atom. The van der Waals surface area contributed by atoms with Crippen molar-refractivity contribution in [2.45, 2.75) is 6.54 Å². The highest BCUT2D eigenvalue weighted by Crippen LogP contribution is 2.21. The lowest BCUT2D eigenvalue weighted by molar-refractivity contribution is -0.384. The molecule has 170 valence electrons. The monoisotopic (exact) mass is 446 g/mol. The highest BCUT2D eigenvalue weighted by molar-refractivity contribution is 5.92. The molecule has 1 aliphatic rings. The van der Waals surface area contributed by atoms with Crippen LogP contribution >= 0.6 is 0 Å². The van der Waals surface area contributed by atoms with Crippen LogP contribution in [0.1, 0.15) is 5.56 Å². The van der Waals surface area contributed by atoms with E-state index in [4.69, 9.17) is 4.74 Å². The van der Waals surface area contributed by atoms with Crippen molar-refractivity contribution in [2.75, 3.05) is 43.0 Å². The number of carbonyl (C=O) groups excluding carboxylic acids is 1. The predicted octanol–water partition coefficient (Wildman–Crippen LogP) is 3.93. The number of ether oxygens (including phenoxy) is 1. The maximum Gasteiger partial charge on any atom is 0.273 e. The van der Waals surface area contributed by atoms with Crippen molar-refractivity contribution < 1.29 is 14.5 Å². The number of nitro benzene ring substituents is 1.